The van der Waals surface area contributed by atoms with E-state index in [1.54, 1.807) is 5.57 Å². The molecule has 0 aliphatic heterocycles. The molecule has 3 saturated carbocycles. The Morgan fingerprint density at radius 2 is 2.36 bits per heavy atom. The maximum atomic E-state index is 4.18. The van der Waals surface area contributed by atoms with Gasteiger partial charge in [0.2, 0.25) is 0 Å². The van der Waals surface area contributed by atoms with E-state index in [1.807, 2.05) is 0 Å². The summed E-state index contributed by atoms with van der Waals surface area (Å²) in [5.74, 6) is 3.98. The van der Waals surface area contributed by atoms with Crippen LogP contribution >= 0.6 is 0 Å². The van der Waals surface area contributed by atoms with Gasteiger partial charge in [0.1, 0.15) is 0 Å². The molecular formula is C11H15. The lowest BCUT2D eigenvalue weighted by Crippen LogP contribution is -2.18. The van der Waals surface area contributed by atoms with Crippen molar-refractivity contribution in [1.82, 2.24) is 0 Å². The highest BCUT2D eigenvalue weighted by molar-refractivity contribution is 5.21. The van der Waals surface area contributed by atoms with E-state index in [0.29, 0.717) is 0 Å². The van der Waals surface area contributed by atoms with Gasteiger partial charge >= 0.3 is 0 Å². The summed E-state index contributed by atoms with van der Waals surface area (Å²) in [5.41, 5.74) is 1.58. The topological polar surface area (TPSA) is 0 Å². The van der Waals surface area contributed by atoms with E-state index in [4.69, 9.17) is 0 Å². The molecule has 4 atom stereocenters. The molecule has 0 aromatic rings. The first-order valence-electron chi connectivity index (χ1n) is 4.87. The van der Waals surface area contributed by atoms with Crippen LogP contribution in [0.5, 0.6) is 0 Å². The second-order valence-electron chi connectivity index (χ2n) is 4.52. The number of hydrogen-bond donors (Lipinski definition) is 0. The van der Waals surface area contributed by atoms with E-state index in [2.05, 4.69) is 13.0 Å². The lowest BCUT2D eigenvalue weighted by atomic mass is 9.80. The Morgan fingerprint density at radius 1 is 1.45 bits per heavy atom. The Hall–Kier alpha value is -0.260. The summed E-state index contributed by atoms with van der Waals surface area (Å²) in [6.07, 6.45) is 8.26. The predicted octanol–water partition coefficient (Wildman–Crippen LogP) is 2.81. The number of fused-ring (bicyclic) bond motifs is 5. The van der Waals surface area contributed by atoms with Crippen molar-refractivity contribution in [2.75, 3.05) is 0 Å². The van der Waals surface area contributed by atoms with Gasteiger partial charge < -0.3 is 0 Å². The van der Waals surface area contributed by atoms with Crippen molar-refractivity contribution < 1.29 is 0 Å². The van der Waals surface area contributed by atoms with Crippen molar-refractivity contribution in [3.63, 3.8) is 0 Å². The van der Waals surface area contributed by atoms with Crippen molar-refractivity contribution >= 4 is 0 Å². The Bertz CT molecular complexity index is 204. The smallest absolute Gasteiger partial charge is 0.0172 e. The van der Waals surface area contributed by atoms with Gasteiger partial charge in [0.25, 0.3) is 0 Å². The SMILES string of the molecule is C=C1CC2CC1C1CC[CH]C21. The van der Waals surface area contributed by atoms with Gasteiger partial charge in [0.15, 0.2) is 0 Å². The molecule has 59 valence electrons. The zero-order chi connectivity index (χ0) is 7.42. The number of rotatable bonds is 0. The maximum absolute atomic E-state index is 4.18. The minimum atomic E-state index is 0.934. The van der Waals surface area contributed by atoms with Crippen molar-refractivity contribution in [2.45, 2.75) is 25.7 Å². The molecule has 3 aliphatic carbocycles. The Labute approximate surface area is 68.7 Å². The van der Waals surface area contributed by atoms with E-state index in [1.165, 1.54) is 25.7 Å². The molecular weight excluding hydrogens is 132 g/mol. The normalized spacial score (nSPS) is 53.6. The van der Waals surface area contributed by atoms with Crippen LogP contribution in [0.3, 0.4) is 0 Å². The molecule has 0 saturated heterocycles. The molecule has 0 amide bonds. The first-order valence-corrected chi connectivity index (χ1v) is 4.87. The van der Waals surface area contributed by atoms with Crippen molar-refractivity contribution in [3.05, 3.63) is 18.6 Å². The lowest BCUT2D eigenvalue weighted by molar-refractivity contribution is 0.334. The molecule has 0 N–H and O–H groups in total. The van der Waals surface area contributed by atoms with Crippen LogP contribution in [0.25, 0.3) is 0 Å². The van der Waals surface area contributed by atoms with Crippen LogP contribution in [0.15, 0.2) is 12.2 Å². The number of allylic oxidation sites excluding steroid dienone is 1. The average molecular weight is 147 g/mol. The van der Waals surface area contributed by atoms with E-state index >= 15 is 0 Å². The molecule has 3 rings (SSSR count). The summed E-state index contributed by atoms with van der Waals surface area (Å²) in [5, 5.41) is 0. The average Bonchev–Trinajstić information content (AvgIpc) is 2.52. The van der Waals surface area contributed by atoms with E-state index < -0.39 is 0 Å². The molecule has 0 aromatic carbocycles. The fourth-order valence-electron chi connectivity index (χ4n) is 3.69. The third-order valence-corrected chi connectivity index (χ3v) is 4.10. The largest absolute Gasteiger partial charge is 0.0996 e. The van der Waals surface area contributed by atoms with Crippen LogP contribution in [-0.2, 0) is 0 Å². The van der Waals surface area contributed by atoms with Crippen molar-refractivity contribution in [2.24, 2.45) is 23.7 Å². The molecule has 2 bridgehead atoms. The molecule has 0 heteroatoms. The molecule has 0 aromatic heterocycles. The zero-order valence-corrected chi connectivity index (χ0v) is 6.92. The lowest BCUT2D eigenvalue weighted by Gasteiger charge is -2.25. The third kappa shape index (κ3) is 0.660. The van der Waals surface area contributed by atoms with Gasteiger partial charge in [-0.1, -0.05) is 12.2 Å². The molecule has 0 heterocycles. The molecule has 3 aliphatic rings. The molecule has 4 unspecified atom stereocenters. The van der Waals surface area contributed by atoms with Gasteiger partial charge in [0.05, 0.1) is 0 Å². The fraction of sp³-hybridized carbons (Fsp3) is 0.727. The standard InChI is InChI=1S/C11H15/c1-7-5-8-6-11(7)10-4-2-3-9(8)10/h3,8-11H,1-2,4-6H2. The molecule has 0 nitrogen and oxygen atoms in total. The van der Waals surface area contributed by atoms with Gasteiger partial charge in [0, 0.05) is 0 Å². The van der Waals surface area contributed by atoms with Gasteiger partial charge in [-0.25, -0.2) is 0 Å². The highest BCUT2D eigenvalue weighted by Crippen LogP contribution is 2.59. The Morgan fingerprint density at radius 3 is 3.27 bits per heavy atom. The Balaban J connectivity index is 1.95. The first kappa shape index (κ1) is 6.28. The Kier molecular flexibility index (Phi) is 1.09. The monoisotopic (exact) mass is 147 g/mol. The highest BCUT2D eigenvalue weighted by Gasteiger charge is 2.50. The predicted molar refractivity (Wildman–Crippen MR) is 45.9 cm³/mol. The summed E-state index contributed by atoms with van der Waals surface area (Å²) < 4.78 is 0. The van der Waals surface area contributed by atoms with Crippen LogP contribution in [0.1, 0.15) is 25.7 Å². The van der Waals surface area contributed by atoms with Crippen LogP contribution < -0.4 is 0 Å². The van der Waals surface area contributed by atoms with Gasteiger partial charge in [-0.15, -0.1) is 0 Å². The van der Waals surface area contributed by atoms with Crippen LogP contribution in [0.2, 0.25) is 0 Å². The number of hydrogen-bond acceptors (Lipinski definition) is 0. The second-order valence-corrected chi connectivity index (χ2v) is 4.52. The molecule has 1 radical (unpaired) electrons. The highest BCUT2D eigenvalue weighted by atomic mass is 14.5. The van der Waals surface area contributed by atoms with Gasteiger partial charge in [-0.3, -0.25) is 0 Å². The summed E-state index contributed by atoms with van der Waals surface area (Å²) in [4.78, 5) is 0. The van der Waals surface area contributed by atoms with Crippen molar-refractivity contribution in [3.8, 4) is 0 Å². The van der Waals surface area contributed by atoms with E-state index in [-0.39, 0.29) is 0 Å². The maximum Gasteiger partial charge on any atom is -0.0172 e. The van der Waals surface area contributed by atoms with Gasteiger partial charge in [-0.2, -0.15) is 0 Å². The van der Waals surface area contributed by atoms with Crippen LogP contribution in [-0.4, -0.2) is 0 Å². The zero-order valence-electron chi connectivity index (χ0n) is 6.92. The van der Waals surface area contributed by atoms with Crippen LogP contribution in [0.4, 0.5) is 0 Å². The third-order valence-electron chi connectivity index (χ3n) is 4.10. The second kappa shape index (κ2) is 1.91. The summed E-state index contributed by atoms with van der Waals surface area (Å²) in [6, 6.07) is 0. The molecule has 0 spiro atoms. The quantitative estimate of drug-likeness (QED) is 0.462. The molecule has 3 fully saturated rings. The first-order chi connectivity index (χ1) is 5.36. The fourth-order valence-corrected chi connectivity index (χ4v) is 3.69. The summed E-state index contributed by atoms with van der Waals surface area (Å²) in [7, 11) is 0. The van der Waals surface area contributed by atoms with Crippen molar-refractivity contribution in [1.29, 1.82) is 0 Å². The minimum absolute atomic E-state index is 0.934. The van der Waals surface area contributed by atoms with Gasteiger partial charge in [-0.05, 0) is 55.8 Å². The van der Waals surface area contributed by atoms with Crippen LogP contribution in [0, 0.1) is 30.1 Å². The summed E-state index contributed by atoms with van der Waals surface area (Å²) >= 11 is 0. The minimum Gasteiger partial charge on any atom is -0.0996 e. The van der Waals surface area contributed by atoms with E-state index in [9.17, 15) is 0 Å². The molecule has 11 heavy (non-hydrogen) atoms. The summed E-state index contributed by atoms with van der Waals surface area (Å²) in [6.45, 7) is 4.18. The van der Waals surface area contributed by atoms with E-state index in [0.717, 1.165) is 23.7 Å².